The molecule has 0 saturated heterocycles. The smallest absolute Gasteiger partial charge is 0.249 e. The van der Waals surface area contributed by atoms with Gasteiger partial charge in [0.1, 0.15) is 0 Å². The Balaban J connectivity index is 2.55. The molecule has 1 heterocycles. The molecule has 17 heavy (non-hydrogen) atoms. The van der Waals surface area contributed by atoms with Crippen molar-refractivity contribution in [2.75, 3.05) is 6.26 Å². The average Bonchev–Trinajstić information content (AvgIpc) is 2.61. The van der Waals surface area contributed by atoms with Crippen molar-refractivity contribution in [1.29, 1.82) is 0 Å². The van der Waals surface area contributed by atoms with Gasteiger partial charge < -0.3 is 4.57 Å². The fourth-order valence-electron chi connectivity index (χ4n) is 1.49. The molecule has 0 atom stereocenters. The third kappa shape index (κ3) is 2.49. The Morgan fingerprint density at radius 2 is 1.76 bits per heavy atom. The van der Waals surface area contributed by atoms with Crippen LogP contribution in [0, 0.1) is 3.57 Å². The van der Waals surface area contributed by atoms with E-state index in [1.165, 1.54) is 4.57 Å². The number of aromatic nitrogens is 3. The minimum Gasteiger partial charge on any atom is -0.301 e. The molecule has 1 aromatic heterocycles. The molecular formula is C10H10IN3O2S. The predicted octanol–water partition coefficient (Wildman–Crippen LogP) is 1.49. The Morgan fingerprint density at radius 3 is 2.24 bits per heavy atom. The highest BCUT2D eigenvalue weighted by Gasteiger charge is 2.18. The van der Waals surface area contributed by atoms with Gasteiger partial charge in [-0.1, -0.05) is 12.1 Å². The summed E-state index contributed by atoms with van der Waals surface area (Å²) in [6.07, 6.45) is 1.12. The molecule has 7 heteroatoms. The van der Waals surface area contributed by atoms with E-state index in [0.717, 1.165) is 15.4 Å². The van der Waals surface area contributed by atoms with Crippen molar-refractivity contribution in [1.82, 2.24) is 14.8 Å². The first-order chi connectivity index (χ1) is 7.89. The first-order valence-electron chi connectivity index (χ1n) is 4.75. The fraction of sp³-hybridized carbons (Fsp3) is 0.200. The van der Waals surface area contributed by atoms with Crippen LogP contribution in [0.4, 0.5) is 0 Å². The molecular weight excluding hydrogens is 353 g/mol. The quantitative estimate of drug-likeness (QED) is 0.759. The van der Waals surface area contributed by atoms with E-state index in [1.54, 1.807) is 7.05 Å². The summed E-state index contributed by atoms with van der Waals surface area (Å²) in [5.41, 5.74) is 0.843. The molecule has 0 unspecified atom stereocenters. The lowest BCUT2D eigenvalue weighted by molar-refractivity contribution is 0.584. The van der Waals surface area contributed by atoms with E-state index in [0.29, 0.717) is 5.82 Å². The van der Waals surface area contributed by atoms with Crippen molar-refractivity contribution < 1.29 is 8.42 Å². The molecule has 5 nitrogen and oxygen atoms in total. The second-order valence-corrected chi connectivity index (χ2v) is 6.80. The van der Waals surface area contributed by atoms with E-state index in [9.17, 15) is 8.42 Å². The molecule has 0 N–H and O–H groups in total. The summed E-state index contributed by atoms with van der Waals surface area (Å²) in [6.45, 7) is 0. The number of benzene rings is 1. The normalized spacial score (nSPS) is 11.7. The van der Waals surface area contributed by atoms with Crippen molar-refractivity contribution in [3.05, 3.63) is 27.8 Å². The molecule has 0 spiro atoms. The Kier molecular flexibility index (Phi) is 3.21. The minimum atomic E-state index is -3.34. The molecule has 1 aromatic carbocycles. The van der Waals surface area contributed by atoms with Gasteiger partial charge in [-0.3, -0.25) is 0 Å². The molecule has 0 amide bonds. The van der Waals surface area contributed by atoms with Crippen molar-refractivity contribution >= 4 is 32.4 Å². The van der Waals surface area contributed by atoms with Crippen LogP contribution in [0.25, 0.3) is 11.4 Å². The van der Waals surface area contributed by atoms with E-state index in [4.69, 9.17) is 0 Å². The van der Waals surface area contributed by atoms with Gasteiger partial charge in [-0.15, -0.1) is 10.2 Å². The number of hydrogen-bond donors (Lipinski definition) is 0. The van der Waals surface area contributed by atoms with Crippen LogP contribution in [-0.4, -0.2) is 29.4 Å². The monoisotopic (exact) mass is 363 g/mol. The van der Waals surface area contributed by atoms with Crippen LogP contribution in [0.2, 0.25) is 0 Å². The Labute approximate surface area is 113 Å². The van der Waals surface area contributed by atoms with Gasteiger partial charge >= 0.3 is 0 Å². The second-order valence-electron chi connectivity index (χ2n) is 3.64. The Hall–Kier alpha value is -0.960. The maximum atomic E-state index is 11.4. The second kappa shape index (κ2) is 4.37. The topological polar surface area (TPSA) is 64.8 Å². The molecule has 0 radical (unpaired) electrons. The van der Waals surface area contributed by atoms with Crippen LogP contribution in [0.1, 0.15) is 0 Å². The Bertz CT molecular complexity index is 647. The lowest BCUT2D eigenvalue weighted by Crippen LogP contribution is -2.06. The van der Waals surface area contributed by atoms with Gasteiger partial charge in [0.25, 0.3) is 0 Å². The zero-order valence-corrected chi connectivity index (χ0v) is 12.2. The summed E-state index contributed by atoms with van der Waals surface area (Å²) in [5.74, 6) is 0.543. The van der Waals surface area contributed by atoms with Crippen LogP contribution in [0.15, 0.2) is 29.4 Å². The van der Waals surface area contributed by atoms with Crippen molar-refractivity contribution in [3.63, 3.8) is 0 Å². The summed E-state index contributed by atoms with van der Waals surface area (Å²) in [7, 11) is -1.70. The van der Waals surface area contributed by atoms with E-state index in [-0.39, 0.29) is 5.16 Å². The first-order valence-corrected chi connectivity index (χ1v) is 7.72. The van der Waals surface area contributed by atoms with E-state index in [2.05, 4.69) is 32.8 Å². The first kappa shape index (κ1) is 12.5. The molecule has 0 saturated carbocycles. The van der Waals surface area contributed by atoms with Gasteiger partial charge in [-0.2, -0.15) is 0 Å². The number of hydrogen-bond acceptors (Lipinski definition) is 4. The lowest BCUT2D eigenvalue weighted by Gasteiger charge is -2.02. The molecule has 90 valence electrons. The molecule has 0 aliphatic carbocycles. The lowest BCUT2D eigenvalue weighted by atomic mass is 10.2. The van der Waals surface area contributed by atoms with Crippen LogP contribution < -0.4 is 0 Å². The van der Waals surface area contributed by atoms with Crippen molar-refractivity contribution in [2.24, 2.45) is 7.05 Å². The highest BCUT2D eigenvalue weighted by atomic mass is 127. The number of halogens is 1. The maximum Gasteiger partial charge on any atom is 0.249 e. The average molecular weight is 363 g/mol. The van der Waals surface area contributed by atoms with E-state index >= 15 is 0 Å². The SMILES string of the molecule is Cn1c(-c2ccc(I)cc2)nnc1S(C)(=O)=O. The van der Waals surface area contributed by atoms with E-state index in [1.807, 2.05) is 24.3 Å². The van der Waals surface area contributed by atoms with Gasteiger partial charge in [0, 0.05) is 22.4 Å². The summed E-state index contributed by atoms with van der Waals surface area (Å²) >= 11 is 2.20. The summed E-state index contributed by atoms with van der Waals surface area (Å²) in [5, 5.41) is 7.60. The summed E-state index contributed by atoms with van der Waals surface area (Å²) in [6, 6.07) is 7.64. The van der Waals surface area contributed by atoms with Crippen molar-refractivity contribution in [2.45, 2.75) is 5.16 Å². The van der Waals surface area contributed by atoms with Crippen LogP contribution in [-0.2, 0) is 16.9 Å². The third-order valence-electron chi connectivity index (χ3n) is 2.27. The Morgan fingerprint density at radius 1 is 1.18 bits per heavy atom. The highest BCUT2D eigenvalue weighted by molar-refractivity contribution is 14.1. The molecule has 0 aliphatic heterocycles. The zero-order valence-electron chi connectivity index (χ0n) is 9.25. The van der Waals surface area contributed by atoms with Gasteiger partial charge in [0.15, 0.2) is 5.82 Å². The highest BCUT2D eigenvalue weighted by Crippen LogP contribution is 2.20. The molecule has 0 bridgehead atoms. The number of sulfone groups is 1. The summed E-state index contributed by atoms with van der Waals surface area (Å²) < 4.78 is 25.4. The standard InChI is InChI=1S/C10H10IN3O2S/c1-14-9(7-3-5-8(11)6-4-7)12-13-10(14)17(2,15)16/h3-6H,1-2H3. The predicted molar refractivity (Wildman–Crippen MR) is 72.3 cm³/mol. The summed E-state index contributed by atoms with van der Waals surface area (Å²) in [4.78, 5) is 0. The van der Waals surface area contributed by atoms with Gasteiger partial charge in [0.2, 0.25) is 15.0 Å². The van der Waals surface area contributed by atoms with Gasteiger partial charge in [-0.05, 0) is 34.7 Å². The molecule has 2 rings (SSSR count). The third-order valence-corrected chi connectivity index (χ3v) is 4.01. The van der Waals surface area contributed by atoms with Gasteiger partial charge in [0.05, 0.1) is 0 Å². The molecule has 0 aliphatic rings. The van der Waals surface area contributed by atoms with E-state index < -0.39 is 9.84 Å². The molecule has 2 aromatic rings. The van der Waals surface area contributed by atoms with Gasteiger partial charge in [-0.25, -0.2) is 8.42 Å². The zero-order chi connectivity index (χ0) is 12.6. The van der Waals surface area contributed by atoms with Crippen LogP contribution in [0.3, 0.4) is 0 Å². The van der Waals surface area contributed by atoms with Crippen molar-refractivity contribution in [3.8, 4) is 11.4 Å². The maximum absolute atomic E-state index is 11.4. The largest absolute Gasteiger partial charge is 0.301 e. The fourth-order valence-corrected chi connectivity index (χ4v) is 2.62. The number of nitrogens with zero attached hydrogens (tertiary/aromatic N) is 3. The molecule has 0 fully saturated rings. The van der Waals surface area contributed by atoms with Crippen LogP contribution in [0.5, 0.6) is 0 Å². The van der Waals surface area contributed by atoms with Crippen LogP contribution >= 0.6 is 22.6 Å². The minimum absolute atomic E-state index is 0.0222. The number of rotatable bonds is 2.